The van der Waals surface area contributed by atoms with Crippen LogP contribution in [-0.4, -0.2) is 55.9 Å². The molecule has 2 rings (SSSR count). The summed E-state index contributed by atoms with van der Waals surface area (Å²) < 4.78 is 21.2. The van der Waals surface area contributed by atoms with Crippen molar-refractivity contribution in [1.29, 1.82) is 0 Å². The van der Waals surface area contributed by atoms with Crippen molar-refractivity contribution in [2.24, 2.45) is 16.6 Å². The van der Waals surface area contributed by atoms with Gasteiger partial charge in [-0.25, -0.2) is 9.59 Å². The van der Waals surface area contributed by atoms with Crippen molar-refractivity contribution >= 4 is 30.1 Å². The number of hydrogen-bond acceptors (Lipinski definition) is 9. The van der Waals surface area contributed by atoms with Crippen LogP contribution in [0.2, 0.25) is 0 Å². The number of benzene rings is 2. The van der Waals surface area contributed by atoms with Gasteiger partial charge >= 0.3 is 24.1 Å². The van der Waals surface area contributed by atoms with Crippen molar-refractivity contribution in [3.63, 3.8) is 0 Å². The lowest BCUT2D eigenvalue weighted by Gasteiger charge is -2.16. The highest BCUT2D eigenvalue weighted by Gasteiger charge is 2.20. The maximum Gasteiger partial charge on any atom is 0.437 e. The summed E-state index contributed by atoms with van der Waals surface area (Å²) >= 11 is 0. The lowest BCUT2D eigenvalue weighted by atomic mass is 9.95. The van der Waals surface area contributed by atoms with Gasteiger partial charge in [0, 0.05) is 6.54 Å². The lowest BCUT2D eigenvalue weighted by molar-refractivity contribution is -0.150. The number of amides is 2. The van der Waals surface area contributed by atoms with Gasteiger partial charge in [0.2, 0.25) is 5.96 Å². The number of carbonyl (C=O) groups excluding carboxylic acids is 4. The van der Waals surface area contributed by atoms with Gasteiger partial charge in [-0.15, -0.1) is 4.99 Å². The van der Waals surface area contributed by atoms with Crippen LogP contribution in [0.25, 0.3) is 0 Å². The fourth-order valence-corrected chi connectivity index (χ4v) is 4.70. The maximum atomic E-state index is 12.6. The molecule has 12 nitrogen and oxygen atoms in total. The van der Waals surface area contributed by atoms with Crippen molar-refractivity contribution in [1.82, 2.24) is 10.6 Å². The van der Waals surface area contributed by atoms with E-state index < -0.39 is 24.2 Å². The lowest BCUT2D eigenvalue weighted by Crippen LogP contribution is -2.44. The average molecular weight is 683 g/mol. The van der Waals surface area contributed by atoms with E-state index in [2.05, 4.69) is 29.5 Å². The normalized spacial score (nSPS) is 12.3. The SMILES string of the molecule is CCCCCCC(CCCC)C(=O)OCCCCOC(=O)[C@@H](N)CCN/C(=N\C(=O)OCc1ccccc1)NC(=O)OCc1ccccc1. The number of nitrogens with one attached hydrogen (secondary N) is 2. The number of guanidine groups is 1. The second-order valence-corrected chi connectivity index (χ2v) is 11.7. The standard InChI is InChI=1S/C37H54N4O8/c1-3-5-7-14-22-31(21-6-4-2)33(42)46-25-15-16-26-47-34(43)32(38)23-24-39-35(40-36(44)48-27-29-17-10-8-11-18-29)41-37(45)49-28-30-19-12-9-13-20-30/h8-13,17-20,31-32H,3-7,14-16,21-28,38H2,1-2H3,(H2,39,40,41,44,45)/t31?,32-/m0/s1. The van der Waals surface area contributed by atoms with Gasteiger partial charge in [0.15, 0.2) is 0 Å². The van der Waals surface area contributed by atoms with E-state index in [1.807, 2.05) is 36.4 Å². The minimum Gasteiger partial charge on any atom is -0.465 e. The fourth-order valence-electron chi connectivity index (χ4n) is 4.70. The largest absolute Gasteiger partial charge is 0.465 e. The van der Waals surface area contributed by atoms with Crippen LogP contribution in [0.1, 0.15) is 95.6 Å². The average Bonchev–Trinajstić information content (AvgIpc) is 3.11. The monoisotopic (exact) mass is 682 g/mol. The molecule has 2 atom stereocenters. The van der Waals surface area contributed by atoms with Gasteiger partial charge in [-0.2, -0.15) is 0 Å². The van der Waals surface area contributed by atoms with Gasteiger partial charge in [-0.3, -0.25) is 14.9 Å². The highest BCUT2D eigenvalue weighted by atomic mass is 16.6. The number of esters is 2. The molecule has 12 heteroatoms. The number of nitrogens with two attached hydrogens (primary N) is 1. The van der Waals surface area contributed by atoms with Crippen LogP contribution in [0.15, 0.2) is 65.7 Å². The Bertz CT molecular complexity index is 1260. The molecular weight excluding hydrogens is 628 g/mol. The molecule has 0 aromatic heterocycles. The first-order valence-corrected chi connectivity index (χ1v) is 17.4. The van der Waals surface area contributed by atoms with Crippen molar-refractivity contribution in [3.8, 4) is 0 Å². The number of ether oxygens (including phenoxy) is 4. The summed E-state index contributed by atoms with van der Waals surface area (Å²) in [6.45, 7) is 4.78. The predicted octanol–water partition coefficient (Wildman–Crippen LogP) is 6.56. The Hall–Kier alpha value is -4.45. The van der Waals surface area contributed by atoms with Crippen LogP contribution in [0.4, 0.5) is 9.59 Å². The van der Waals surface area contributed by atoms with Gasteiger partial charge in [0.05, 0.1) is 19.1 Å². The molecule has 0 saturated heterocycles. The minimum absolute atomic E-state index is 0.00729. The molecule has 0 aliphatic carbocycles. The Morgan fingerprint density at radius 3 is 1.86 bits per heavy atom. The summed E-state index contributed by atoms with van der Waals surface area (Å²) in [5.74, 6) is -1.00. The molecule has 2 aromatic carbocycles. The summed E-state index contributed by atoms with van der Waals surface area (Å²) in [6, 6.07) is 17.2. The molecule has 1 unspecified atom stereocenters. The molecular formula is C37H54N4O8. The quantitative estimate of drug-likeness (QED) is 0.0407. The molecule has 49 heavy (non-hydrogen) atoms. The highest BCUT2D eigenvalue weighted by Crippen LogP contribution is 2.19. The number of rotatable bonds is 22. The molecule has 0 bridgehead atoms. The Morgan fingerprint density at radius 1 is 0.673 bits per heavy atom. The third-order valence-electron chi connectivity index (χ3n) is 7.56. The molecule has 2 aromatic rings. The second kappa shape index (κ2) is 25.6. The van der Waals surface area contributed by atoms with Gasteiger partial charge in [-0.05, 0) is 43.2 Å². The van der Waals surface area contributed by atoms with Gasteiger partial charge in [0.25, 0.3) is 0 Å². The van der Waals surface area contributed by atoms with Crippen LogP contribution < -0.4 is 16.4 Å². The fraction of sp³-hybridized carbons (Fsp3) is 0.541. The van der Waals surface area contributed by atoms with E-state index in [0.29, 0.717) is 12.8 Å². The van der Waals surface area contributed by atoms with E-state index >= 15 is 0 Å². The van der Waals surface area contributed by atoms with E-state index in [1.54, 1.807) is 24.3 Å². The van der Waals surface area contributed by atoms with Crippen LogP contribution in [-0.2, 0) is 41.8 Å². The molecule has 0 radical (unpaired) electrons. The van der Waals surface area contributed by atoms with Crippen LogP contribution in [0, 0.1) is 5.92 Å². The zero-order chi connectivity index (χ0) is 35.5. The van der Waals surface area contributed by atoms with Crippen LogP contribution in [0.3, 0.4) is 0 Å². The van der Waals surface area contributed by atoms with E-state index in [1.165, 1.54) is 6.42 Å². The third kappa shape index (κ3) is 19.2. The Balaban J connectivity index is 1.75. The predicted molar refractivity (Wildman–Crippen MR) is 187 cm³/mol. The Morgan fingerprint density at radius 2 is 1.24 bits per heavy atom. The van der Waals surface area contributed by atoms with Crippen molar-refractivity contribution in [2.75, 3.05) is 19.8 Å². The number of nitrogens with zero attached hydrogens (tertiary/aromatic N) is 1. The van der Waals surface area contributed by atoms with Crippen molar-refractivity contribution in [2.45, 2.75) is 104 Å². The molecule has 0 spiro atoms. The third-order valence-corrected chi connectivity index (χ3v) is 7.56. The molecule has 270 valence electrons. The molecule has 0 saturated carbocycles. The zero-order valence-electron chi connectivity index (χ0n) is 29.0. The molecule has 2 amide bonds. The van der Waals surface area contributed by atoms with Crippen molar-refractivity contribution in [3.05, 3.63) is 71.8 Å². The smallest absolute Gasteiger partial charge is 0.437 e. The maximum absolute atomic E-state index is 12.6. The number of carbonyl (C=O) groups is 4. The number of aliphatic imine (C=N–C) groups is 1. The first-order valence-electron chi connectivity index (χ1n) is 17.4. The number of alkyl carbamates (subject to hydrolysis) is 1. The van der Waals surface area contributed by atoms with Gasteiger partial charge in [0.1, 0.15) is 19.3 Å². The molecule has 0 aliphatic rings. The van der Waals surface area contributed by atoms with Gasteiger partial charge < -0.3 is 30.0 Å². The first kappa shape index (κ1) is 40.7. The first-order chi connectivity index (χ1) is 23.8. The highest BCUT2D eigenvalue weighted by molar-refractivity contribution is 5.98. The molecule has 0 heterocycles. The van der Waals surface area contributed by atoms with E-state index in [0.717, 1.165) is 56.1 Å². The van der Waals surface area contributed by atoms with Crippen LogP contribution in [0.5, 0.6) is 0 Å². The Kier molecular flexibility index (Phi) is 21.2. The summed E-state index contributed by atoms with van der Waals surface area (Å²) in [5, 5.41) is 5.20. The summed E-state index contributed by atoms with van der Waals surface area (Å²) in [5.41, 5.74) is 7.56. The molecule has 4 N–H and O–H groups in total. The topological polar surface area (TPSA) is 168 Å². The van der Waals surface area contributed by atoms with Gasteiger partial charge in [-0.1, -0.05) is 113 Å². The zero-order valence-corrected chi connectivity index (χ0v) is 29.0. The Labute approximate surface area is 290 Å². The number of hydrogen-bond donors (Lipinski definition) is 3. The van der Waals surface area contributed by atoms with E-state index in [9.17, 15) is 19.2 Å². The summed E-state index contributed by atoms with van der Waals surface area (Å²) in [7, 11) is 0. The second-order valence-electron chi connectivity index (χ2n) is 11.7. The van der Waals surface area contributed by atoms with Crippen LogP contribution >= 0.6 is 0 Å². The molecule has 0 fully saturated rings. The summed E-state index contributed by atoms with van der Waals surface area (Å²) in [6.07, 6.45) is 7.71. The van der Waals surface area contributed by atoms with E-state index in [-0.39, 0.29) is 57.2 Å². The minimum atomic E-state index is -0.964. The summed E-state index contributed by atoms with van der Waals surface area (Å²) in [4.78, 5) is 53.7. The van der Waals surface area contributed by atoms with Crippen molar-refractivity contribution < 1.29 is 38.1 Å². The molecule has 0 aliphatic heterocycles. The van der Waals surface area contributed by atoms with E-state index in [4.69, 9.17) is 24.7 Å². The number of unbranched alkanes of at least 4 members (excludes halogenated alkanes) is 5.